The first-order chi connectivity index (χ1) is 9.83. The number of amides is 1. The van der Waals surface area contributed by atoms with Gasteiger partial charge in [0.15, 0.2) is 0 Å². The number of aryl methyl sites for hydroxylation is 1. The molecule has 1 amide bonds. The van der Waals surface area contributed by atoms with Gasteiger partial charge < -0.3 is 15.6 Å². The lowest BCUT2D eigenvalue weighted by Gasteiger charge is -2.18. The third kappa shape index (κ3) is 2.82. The normalized spacial score (nSPS) is 13.4. The van der Waals surface area contributed by atoms with Gasteiger partial charge in [-0.05, 0) is 36.6 Å². The van der Waals surface area contributed by atoms with E-state index in [9.17, 15) is 4.79 Å². The Bertz CT molecular complexity index is 592. The van der Waals surface area contributed by atoms with E-state index in [-0.39, 0.29) is 5.91 Å². The number of carbonyl (C=O) groups is 1. The molecule has 2 heterocycles. The third-order valence-electron chi connectivity index (χ3n) is 3.51. The summed E-state index contributed by atoms with van der Waals surface area (Å²) in [4.78, 5) is 19.2. The van der Waals surface area contributed by atoms with Crippen LogP contribution in [0, 0.1) is 0 Å². The summed E-state index contributed by atoms with van der Waals surface area (Å²) in [5, 5.41) is 6.27. The van der Waals surface area contributed by atoms with E-state index in [1.165, 1.54) is 5.56 Å². The highest BCUT2D eigenvalue weighted by Crippen LogP contribution is 2.22. The molecule has 0 bridgehead atoms. The molecule has 3 N–H and O–H groups in total. The van der Waals surface area contributed by atoms with E-state index in [1.807, 2.05) is 18.2 Å². The van der Waals surface area contributed by atoms with Crippen molar-refractivity contribution in [2.75, 3.05) is 18.4 Å². The summed E-state index contributed by atoms with van der Waals surface area (Å²) in [5.41, 5.74) is 3.12. The number of benzene rings is 1. The first-order valence-electron chi connectivity index (χ1n) is 6.96. The van der Waals surface area contributed by atoms with E-state index in [1.54, 1.807) is 12.4 Å². The second-order valence-electron chi connectivity index (χ2n) is 4.94. The summed E-state index contributed by atoms with van der Waals surface area (Å²) >= 11 is 0. The number of nitrogens with one attached hydrogen (secondary N) is 3. The zero-order chi connectivity index (χ0) is 13.8. The number of anilines is 1. The Labute approximate surface area is 117 Å². The molecule has 1 aliphatic rings. The Hall–Kier alpha value is -2.30. The number of nitrogens with zero attached hydrogens (tertiary/aromatic N) is 1. The van der Waals surface area contributed by atoms with Crippen molar-refractivity contribution in [3.05, 3.63) is 47.5 Å². The van der Waals surface area contributed by atoms with E-state index in [2.05, 4.69) is 20.6 Å². The van der Waals surface area contributed by atoms with E-state index < -0.39 is 0 Å². The smallest absolute Gasteiger partial charge is 0.251 e. The van der Waals surface area contributed by atoms with Crippen LogP contribution in [0.5, 0.6) is 0 Å². The van der Waals surface area contributed by atoms with Crippen molar-refractivity contribution in [1.29, 1.82) is 0 Å². The highest BCUT2D eigenvalue weighted by molar-refractivity contribution is 5.94. The molecular formula is C15H18N4O. The lowest BCUT2D eigenvalue weighted by Crippen LogP contribution is -2.26. The van der Waals surface area contributed by atoms with Crippen LogP contribution < -0.4 is 10.6 Å². The number of H-pyrrole nitrogens is 1. The molecule has 104 valence electrons. The van der Waals surface area contributed by atoms with Crippen LogP contribution in [0.1, 0.15) is 28.2 Å². The Morgan fingerprint density at radius 2 is 2.35 bits per heavy atom. The lowest BCUT2D eigenvalue weighted by molar-refractivity contribution is 0.0954. The zero-order valence-corrected chi connectivity index (χ0v) is 11.3. The molecule has 0 saturated carbocycles. The Morgan fingerprint density at radius 1 is 1.40 bits per heavy atom. The second-order valence-corrected chi connectivity index (χ2v) is 4.94. The van der Waals surface area contributed by atoms with Crippen LogP contribution in [0.25, 0.3) is 0 Å². The zero-order valence-electron chi connectivity index (χ0n) is 11.3. The monoisotopic (exact) mass is 270 g/mol. The van der Waals surface area contributed by atoms with Crippen molar-refractivity contribution in [3.63, 3.8) is 0 Å². The Morgan fingerprint density at radius 3 is 3.20 bits per heavy atom. The van der Waals surface area contributed by atoms with Crippen molar-refractivity contribution in [1.82, 2.24) is 15.3 Å². The fourth-order valence-electron chi connectivity index (χ4n) is 2.45. The maximum Gasteiger partial charge on any atom is 0.251 e. The van der Waals surface area contributed by atoms with Gasteiger partial charge in [-0.25, -0.2) is 4.98 Å². The predicted molar refractivity (Wildman–Crippen MR) is 77.9 cm³/mol. The molecule has 0 atom stereocenters. The van der Waals surface area contributed by atoms with Gasteiger partial charge in [0.25, 0.3) is 5.91 Å². The summed E-state index contributed by atoms with van der Waals surface area (Å²) in [6.07, 6.45) is 6.37. The van der Waals surface area contributed by atoms with Crippen LogP contribution in [0.3, 0.4) is 0 Å². The minimum Gasteiger partial charge on any atom is -0.385 e. The van der Waals surface area contributed by atoms with Gasteiger partial charge in [0.05, 0.1) is 0 Å². The molecule has 2 aromatic rings. The topological polar surface area (TPSA) is 69.8 Å². The van der Waals surface area contributed by atoms with Crippen LogP contribution in [-0.2, 0) is 12.8 Å². The SMILES string of the molecule is O=C(NCCc1ncc[nH]1)c1ccc2c(c1)CCCN2. The fourth-order valence-corrected chi connectivity index (χ4v) is 2.45. The molecule has 1 aromatic heterocycles. The number of fused-ring (bicyclic) bond motifs is 1. The van der Waals surface area contributed by atoms with Crippen molar-refractivity contribution < 1.29 is 4.79 Å². The van der Waals surface area contributed by atoms with Crippen molar-refractivity contribution in [2.24, 2.45) is 0 Å². The number of aromatic nitrogens is 2. The summed E-state index contributed by atoms with van der Waals surface area (Å²) < 4.78 is 0. The molecule has 0 unspecified atom stereocenters. The molecule has 5 nitrogen and oxygen atoms in total. The Balaban J connectivity index is 1.59. The van der Waals surface area contributed by atoms with Gasteiger partial charge in [0, 0.05) is 43.2 Å². The molecule has 0 fully saturated rings. The molecule has 0 saturated heterocycles. The maximum atomic E-state index is 12.1. The first-order valence-corrected chi connectivity index (χ1v) is 6.96. The third-order valence-corrected chi connectivity index (χ3v) is 3.51. The number of aromatic amines is 1. The van der Waals surface area contributed by atoms with Crippen molar-refractivity contribution in [2.45, 2.75) is 19.3 Å². The van der Waals surface area contributed by atoms with Gasteiger partial charge in [-0.1, -0.05) is 0 Å². The number of carbonyl (C=O) groups excluding carboxylic acids is 1. The molecule has 5 heteroatoms. The molecule has 1 aliphatic heterocycles. The molecule has 0 aliphatic carbocycles. The number of imidazole rings is 1. The standard InChI is InChI=1S/C15H18N4O/c20-15(19-7-5-14-17-8-9-18-14)12-3-4-13-11(10-12)2-1-6-16-13/h3-4,8-10,16H,1-2,5-7H2,(H,17,18)(H,19,20). The first kappa shape index (κ1) is 12.7. The number of rotatable bonds is 4. The Kier molecular flexibility index (Phi) is 3.67. The van der Waals surface area contributed by atoms with Crippen LogP contribution in [-0.4, -0.2) is 29.0 Å². The van der Waals surface area contributed by atoms with Gasteiger partial charge in [-0.3, -0.25) is 4.79 Å². The number of hydrogen-bond acceptors (Lipinski definition) is 3. The van der Waals surface area contributed by atoms with Crippen molar-refractivity contribution >= 4 is 11.6 Å². The second kappa shape index (κ2) is 5.77. The summed E-state index contributed by atoms with van der Waals surface area (Å²) in [7, 11) is 0. The number of hydrogen-bond donors (Lipinski definition) is 3. The quantitative estimate of drug-likeness (QED) is 0.792. The van der Waals surface area contributed by atoms with E-state index >= 15 is 0 Å². The maximum absolute atomic E-state index is 12.1. The van der Waals surface area contributed by atoms with Gasteiger partial charge >= 0.3 is 0 Å². The highest BCUT2D eigenvalue weighted by atomic mass is 16.1. The molecule has 3 rings (SSSR count). The minimum atomic E-state index is -0.0232. The molecule has 0 radical (unpaired) electrons. The van der Waals surface area contributed by atoms with E-state index in [0.29, 0.717) is 13.0 Å². The predicted octanol–water partition coefficient (Wildman–Crippen LogP) is 1.74. The van der Waals surface area contributed by atoms with E-state index in [4.69, 9.17) is 0 Å². The summed E-state index contributed by atoms with van der Waals surface area (Å²) in [6.45, 7) is 1.60. The van der Waals surface area contributed by atoms with Gasteiger partial charge in [-0.15, -0.1) is 0 Å². The molecule has 1 aromatic carbocycles. The summed E-state index contributed by atoms with van der Waals surface area (Å²) in [6, 6.07) is 5.86. The average molecular weight is 270 g/mol. The van der Waals surface area contributed by atoms with Crippen molar-refractivity contribution in [3.8, 4) is 0 Å². The van der Waals surface area contributed by atoms with Gasteiger partial charge in [-0.2, -0.15) is 0 Å². The van der Waals surface area contributed by atoms with Crippen LogP contribution >= 0.6 is 0 Å². The lowest BCUT2D eigenvalue weighted by atomic mass is 10.0. The fraction of sp³-hybridized carbons (Fsp3) is 0.333. The molecular weight excluding hydrogens is 252 g/mol. The van der Waals surface area contributed by atoms with Crippen LogP contribution in [0.4, 0.5) is 5.69 Å². The van der Waals surface area contributed by atoms with Crippen LogP contribution in [0.15, 0.2) is 30.6 Å². The van der Waals surface area contributed by atoms with E-state index in [0.717, 1.165) is 36.5 Å². The largest absolute Gasteiger partial charge is 0.385 e. The van der Waals surface area contributed by atoms with Gasteiger partial charge in [0.2, 0.25) is 0 Å². The molecule has 20 heavy (non-hydrogen) atoms. The van der Waals surface area contributed by atoms with Crippen LogP contribution in [0.2, 0.25) is 0 Å². The van der Waals surface area contributed by atoms with Gasteiger partial charge in [0.1, 0.15) is 5.82 Å². The minimum absolute atomic E-state index is 0.0232. The summed E-state index contributed by atoms with van der Waals surface area (Å²) in [5.74, 6) is 0.866. The highest BCUT2D eigenvalue weighted by Gasteiger charge is 2.12. The molecule has 0 spiro atoms. The average Bonchev–Trinajstić information content (AvgIpc) is 3.00.